The summed E-state index contributed by atoms with van der Waals surface area (Å²) in [5.74, 6) is 0.499. The fourth-order valence-electron chi connectivity index (χ4n) is 2.37. The van der Waals surface area contributed by atoms with Crippen molar-refractivity contribution >= 4 is 44.8 Å². The molecule has 27 heavy (non-hydrogen) atoms. The van der Waals surface area contributed by atoms with Crippen LogP contribution in [0.4, 0.5) is 0 Å². The molecule has 0 amide bonds. The Morgan fingerprint density at radius 1 is 1.04 bits per heavy atom. The predicted octanol–water partition coefficient (Wildman–Crippen LogP) is 4.91. The molecule has 0 saturated carbocycles. The van der Waals surface area contributed by atoms with E-state index in [1.807, 2.05) is 0 Å². The second-order valence-corrected chi connectivity index (χ2v) is 8.71. The van der Waals surface area contributed by atoms with E-state index in [4.69, 9.17) is 39.3 Å². The molecule has 0 bridgehead atoms. The smallest absolute Gasteiger partial charge is 0.245 e. The molecule has 0 unspecified atom stereocenters. The minimum absolute atomic E-state index is 0.0732. The largest absolute Gasteiger partial charge is 0.338 e. The van der Waals surface area contributed by atoms with Gasteiger partial charge in [0.1, 0.15) is 4.90 Å². The third kappa shape index (κ3) is 4.44. The molecular weight excluding hydrogens is 433 g/mol. The standard InChI is InChI=1S/C17H14Cl3N3O3S/c1-2-23(27(24,25)15-9-13(19)7-8-14(15)20)10-16-21-17(22-26-16)11-3-5-12(18)6-4-11/h3-9H,2,10H2,1H3. The van der Waals surface area contributed by atoms with Crippen molar-refractivity contribution in [2.45, 2.75) is 18.4 Å². The lowest BCUT2D eigenvalue weighted by Gasteiger charge is -2.19. The first-order chi connectivity index (χ1) is 12.8. The number of benzene rings is 2. The van der Waals surface area contributed by atoms with Crippen LogP contribution in [0.2, 0.25) is 15.1 Å². The summed E-state index contributed by atoms with van der Waals surface area (Å²) < 4.78 is 32.3. The summed E-state index contributed by atoms with van der Waals surface area (Å²) in [5.41, 5.74) is 0.707. The van der Waals surface area contributed by atoms with Gasteiger partial charge in [-0.3, -0.25) is 0 Å². The predicted molar refractivity (Wildman–Crippen MR) is 104 cm³/mol. The van der Waals surface area contributed by atoms with Crippen LogP contribution in [0.15, 0.2) is 51.9 Å². The van der Waals surface area contributed by atoms with Crippen LogP contribution in [-0.4, -0.2) is 29.4 Å². The van der Waals surface area contributed by atoms with Crippen LogP contribution in [0.5, 0.6) is 0 Å². The summed E-state index contributed by atoms with van der Waals surface area (Å²) in [6.07, 6.45) is 0. The zero-order valence-corrected chi connectivity index (χ0v) is 17.1. The molecule has 1 heterocycles. The molecular formula is C17H14Cl3N3O3S. The lowest BCUT2D eigenvalue weighted by Crippen LogP contribution is -2.30. The van der Waals surface area contributed by atoms with Crippen LogP contribution in [0.1, 0.15) is 12.8 Å². The highest BCUT2D eigenvalue weighted by Gasteiger charge is 2.28. The molecule has 1 aromatic heterocycles. The van der Waals surface area contributed by atoms with E-state index >= 15 is 0 Å². The average Bonchev–Trinajstić information content (AvgIpc) is 3.10. The Morgan fingerprint density at radius 3 is 2.37 bits per heavy atom. The van der Waals surface area contributed by atoms with Crippen molar-refractivity contribution in [2.75, 3.05) is 6.54 Å². The van der Waals surface area contributed by atoms with Crippen molar-refractivity contribution in [1.82, 2.24) is 14.4 Å². The van der Waals surface area contributed by atoms with Crippen LogP contribution >= 0.6 is 34.8 Å². The maximum absolute atomic E-state index is 12.9. The van der Waals surface area contributed by atoms with Crippen molar-refractivity contribution in [3.05, 3.63) is 63.4 Å². The first-order valence-corrected chi connectivity index (χ1v) is 10.4. The van der Waals surface area contributed by atoms with E-state index in [0.717, 1.165) is 0 Å². The van der Waals surface area contributed by atoms with Crippen molar-refractivity contribution in [1.29, 1.82) is 0 Å². The van der Waals surface area contributed by atoms with Gasteiger partial charge in [-0.1, -0.05) is 46.9 Å². The summed E-state index contributed by atoms with van der Waals surface area (Å²) in [5, 5.41) is 4.84. The Labute approximate surface area is 171 Å². The highest BCUT2D eigenvalue weighted by atomic mass is 35.5. The van der Waals surface area contributed by atoms with E-state index in [1.54, 1.807) is 31.2 Å². The Kier molecular flexibility index (Phi) is 6.08. The monoisotopic (exact) mass is 445 g/mol. The molecule has 0 N–H and O–H groups in total. The van der Waals surface area contributed by atoms with Crippen LogP contribution in [-0.2, 0) is 16.6 Å². The SMILES string of the molecule is CCN(Cc1nc(-c2ccc(Cl)cc2)no1)S(=O)(=O)c1cc(Cl)ccc1Cl. The molecule has 0 atom stereocenters. The second kappa shape index (κ2) is 8.16. The van der Waals surface area contributed by atoms with Gasteiger partial charge in [0.15, 0.2) is 0 Å². The summed E-state index contributed by atoms with van der Waals surface area (Å²) >= 11 is 17.8. The molecule has 142 valence electrons. The van der Waals surface area contributed by atoms with E-state index in [-0.39, 0.29) is 33.9 Å². The fourth-order valence-corrected chi connectivity index (χ4v) is 4.63. The molecule has 0 fully saturated rings. The zero-order chi connectivity index (χ0) is 19.6. The molecule has 0 radical (unpaired) electrons. The third-order valence-corrected chi connectivity index (χ3v) is 6.64. The Bertz CT molecular complexity index is 1050. The minimum atomic E-state index is -3.89. The maximum Gasteiger partial charge on any atom is 0.245 e. The van der Waals surface area contributed by atoms with Gasteiger partial charge in [-0.2, -0.15) is 9.29 Å². The van der Waals surface area contributed by atoms with Crippen LogP contribution in [0.25, 0.3) is 11.4 Å². The van der Waals surface area contributed by atoms with Gasteiger partial charge in [-0.05, 0) is 42.5 Å². The van der Waals surface area contributed by atoms with Gasteiger partial charge in [0.05, 0.1) is 11.6 Å². The molecule has 3 rings (SSSR count). The molecule has 0 aliphatic rings. The molecule has 0 aliphatic heterocycles. The summed E-state index contributed by atoms with van der Waals surface area (Å²) in [4.78, 5) is 4.19. The highest BCUT2D eigenvalue weighted by Crippen LogP contribution is 2.28. The van der Waals surface area contributed by atoms with Crippen LogP contribution in [0, 0.1) is 0 Å². The normalized spacial score (nSPS) is 11.9. The fraction of sp³-hybridized carbons (Fsp3) is 0.176. The van der Waals surface area contributed by atoms with Crippen molar-refractivity contribution in [3.8, 4) is 11.4 Å². The topological polar surface area (TPSA) is 76.3 Å². The van der Waals surface area contributed by atoms with Gasteiger partial charge < -0.3 is 4.52 Å². The number of hydrogen-bond donors (Lipinski definition) is 0. The second-order valence-electron chi connectivity index (χ2n) is 5.52. The third-order valence-electron chi connectivity index (χ3n) is 3.75. The summed E-state index contributed by atoms with van der Waals surface area (Å²) in [6, 6.07) is 11.2. The molecule has 0 spiro atoms. The average molecular weight is 447 g/mol. The van der Waals surface area contributed by atoms with Gasteiger partial charge >= 0.3 is 0 Å². The zero-order valence-electron chi connectivity index (χ0n) is 14.1. The molecule has 3 aromatic rings. The van der Waals surface area contributed by atoms with Gasteiger partial charge in [0.25, 0.3) is 0 Å². The van der Waals surface area contributed by atoms with Crippen LogP contribution < -0.4 is 0 Å². The summed E-state index contributed by atoms with van der Waals surface area (Å²) in [7, 11) is -3.89. The number of halogens is 3. The number of hydrogen-bond acceptors (Lipinski definition) is 5. The molecule has 10 heteroatoms. The first kappa shape index (κ1) is 20.1. The van der Waals surface area contributed by atoms with Crippen molar-refractivity contribution in [3.63, 3.8) is 0 Å². The van der Waals surface area contributed by atoms with Gasteiger partial charge in [-0.15, -0.1) is 0 Å². The van der Waals surface area contributed by atoms with E-state index in [9.17, 15) is 8.42 Å². The molecule has 0 aliphatic carbocycles. The lowest BCUT2D eigenvalue weighted by molar-refractivity contribution is 0.321. The van der Waals surface area contributed by atoms with E-state index in [2.05, 4.69) is 10.1 Å². The van der Waals surface area contributed by atoms with Crippen LogP contribution in [0.3, 0.4) is 0 Å². The van der Waals surface area contributed by atoms with E-state index in [0.29, 0.717) is 16.4 Å². The Balaban J connectivity index is 1.87. The first-order valence-electron chi connectivity index (χ1n) is 7.85. The number of sulfonamides is 1. The summed E-state index contributed by atoms with van der Waals surface area (Å²) in [6.45, 7) is 1.79. The number of rotatable bonds is 6. The maximum atomic E-state index is 12.9. The van der Waals surface area contributed by atoms with Gasteiger partial charge in [-0.25, -0.2) is 8.42 Å². The highest BCUT2D eigenvalue weighted by molar-refractivity contribution is 7.89. The van der Waals surface area contributed by atoms with E-state index < -0.39 is 10.0 Å². The minimum Gasteiger partial charge on any atom is -0.338 e. The molecule has 0 saturated heterocycles. The van der Waals surface area contributed by atoms with E-state index in [1.165, 1.54) is 22.5 Å². The lowest BCUT2D eigenvalue weighted by atomic mass is 10.2. The Hall–Kier alpha value is -1.64. The van der Waals surface area contributed by atoms with Crippen molar-refractivity contribution in [2.24, 2.45) is 0 Å². The quantitative estimate of drug-likeness (QED) is 0.538. The number of nitrogens with zero attached hydrogens (tertiary/aromatic N) is 3. The molecule has 6 nitrogen and oxygen atoms in total. The number of aromatic nitrogens is 2. The van der Waals surface area contributed by atoms with Gasteiger partial charge in [0, 0.05) is 22.2 Å². The Morgan fingerprint density at radius 2 is 1.70 bits per heavy atom. The van der Waals surface area contributed by atoms with Gasteiger partial charge in [0.2, 0.25) is 21.7 Å². The van der Waals surface area contributed by atoms with Crippen molar-refractivity contribution < 1.29 is 12.9 Å². The molecule has 2 aromatic carbocycles.